The van der Waals surface area contributed by atoms with E-state index in [1.165, 1.54) is 6.07 Å². The maximum absolute atomic E-state index is 13.0. The van der Waals surface area contributed by atoms with Crippen molar-refractivity contribution in [3.05, 3.63) is 24.0 Å². The van der Waals surface area contributed by atoms with E-state index in [-0.39, 0.29) is 22.5 Å². The summed E-state index contributed by atoms with van der Waals surface area (Å²) in [5.41, 5.74) is 5.23. The van der Waals surface area contributed by atoms with Gasteiger partial charge in [-0.05, 0) is 37.7 Å². The van der Waals surface area contributed by atoms with Gasteiger partial charge in [-0.1, -0.05) is 13.8 Å². The molecule has 0 fully saturated rings. The van der Waals surface area contributed by atoms with E-state index in [0.717, 1.165) is 18.7 Å². The van der Waals surface area contributed by atoms with E-state index in [1.54, 1.807) is 0 Å². The van der Waals surface area contributed by atoms with Crippen LogP contribution in [0, 0.1) is 11.2 Å². The van der Waals surface area contributed by atoms with E-state index in [1.807, 2.05) is 32.8 Å². The predicted molar refractivity (Wildman–Crippen MR) is 78.3 cm³/mol. The van der Waals surface area contributed by atoms with Crippen molar-refractivity contribution in [2.75, 3.05) is 32.9 Å². The van der Waals surface area contributed by atoms with Crippen LogP contribution in [-0.4, -0.2) is 40.5 Å². The van der Waals surface area contributed by atoms with Crippen molar-refractivity contribution in [2.24, 2.45) is 5.41 Å². The van der Waals surface area contributed by atoms with Crippen LogP contribution in [-0.2, 0) is 10.0 Å². The number of hydrogen-bond donors (Lipinski definition) is 2. The van der Waals surface area contributed by atoms with Crippen LogP contribution in [0.25, 0.3) is 0 Å². The molecule has 0 bridgehead atoms. The third-order valence-electron chi connectivity index (χ3n) is 2.75. The Balaban J connectivity index is 2.85. The molecule has 7 heteroatoms. The van der Waals surface area contributed by atoms with Crippen LogP contribution >= 0.6 is 0 Å². The molecule has 1 rings (SSSR count). The average Bonchev–Trinajstić information content (AvgIpc) is 2.24. The monoisotopic (exact) mass is 303 g/mol. The van der Waals surface area contributed by atoms with Gasteiger partial charge in [-0.15, -0.1) is 0 Å². The lowest BCUT2D eigenvalue weighted by atomic mass is 9.93. The molecule has 0 spiro atoms. The zero-order chi connectivity index (χ0) is 15.6. The van der Waals surface area contributed by atoms with E-state index in [9.17, 15) is 12.8 Å². The fraction of sp³-hybridized carbons (Fsp3) is 0.538. The lowest BCUT2D eigenvalue weighted by Crippen LogP contribution is -2.40. The van der Waals surface area contributed by atoms with Gasteiger partial charge in [0.1, 0.15) is 10.7 Å². The number of anilines is 1. The fourth-order valence-corrected chi connectivity index (χ4v) is 3.40. The van der Waals surface area contributed by atoms with Gasteiger partial charge in [0, 0.05) is 13.1 Å². The molecule has 1 aromatic carbocycles. The Morgan fingerprint density at radius 3 is 2.45 bits per heavy atom. The molecule has 0 saturated carbocycles. The first-order chi connectivity index (χ1) is 9.03. The summed E-state index contributed by atoms with van der Waals surface area (Å²) in [6, 6.07) is 3.25. The largest absolute Gasteiger partial charge is 0.398 e. The molecule has 0 aliphatic rings. The summed E-state index contributed by atoms with van der Waals surface area (Å²) in [6.45, 7) is 4.92. The second-order valence-electron chi connectivity index (χ2n) is 5.91. The lowest BCUT2D eigenvalue weighted by Gasteiger charge is -2.28. The second kappa shape index (κ2) is 6.07. The van der Waals surface area contributed by atoms with Crippen LogP contribution in [0.15, 0.2) is 23.1 Å². The Hall–Kier alpha value is -1.18. The molecule has 1 aromatic rings. The number of sulfonamides is 1. The van der Waals surface area contributed by atoms with E-state index in [2.05, 4.69) is 4.72 Å². The number of hydrogen-bond acceptors (Lipinski definition) is 4. The normalized spacial score (nSPS) is 12.9. The van der Waals surface area contributed by atoms with Crippen LogP contribution in [0.3, 0.4) is 0 Å². The van der Waals surface area contributed by atoms with Crippen LogP contribution in [0.5, 0.6) is 0 Å². The first-order valence-electron chi connectivity index (χ1n) is 6.23. The summed E-state index contributed by atoms with van der Waals surface area (Å²) < 4.78 is 39.8. The lowest BCUT2D eigenvalue weighted by molar-refractivity contribution is 0.242. The molecule has 0 heterocycles. The maximum Gasteiger partial charge on any atom is 0.242 e. The van der Waals surface area contributed by atoms with Gasteiger partial charge in [0.25, 0.3) is 0 Å². The number of nitrogens with one attached hydrogen (secondary N) is 1. The third kappa shape index (κ3) is 4.73. The molecule has 20 heavy (non-hydrogen) atoms. The Morgan fingerprint density at radius 2 is 1.95 bits per heavy atom. The molecule has 5 nitrogen and oxygen atoms in total. The van der Waals surface area contributed by atoms with Crippen molar-refractivity contribution in [1.82, 2.24) is 9.62 Å². The topological polar surface area (TPSA) is 75.4 Å². The first kappa shape index (κ1) is 16.9. The highest BCUT2D eigenvalue weighted by Crippen LogP contribution is 2.21. The summed E-state index contributed by atoms with van der Waals surface area (Å²) in [6.07, 6.45) is 0. The van der Waals surface area contributed by atoms with Crippen molar-refractivity contribution in [3.63, 3.8) is 0 Å². The maximum atomic E-state index is 13.0. The van der Waals surface area contributed by atoms with Gasteiger partial charge in [-0.25, -0.2) is 17.5 Å². The van der Waals surface area contributed by atoms with Crippen molar-refractivity contribution in [3.8, 4) is 0 Å². The molecular formula is C13H22FN3O2S. The standard InChI is InChI=1S/C13H22FN3O2S/c1-13(2,9-17(3)4)8-16-20(18,19)12-6-5-10(14)7-11(12)15/h5-7,16H,8-9,15H2,1-4H3. The summed E-state index contributed by atoms with van der Waals surface area (Å²) in [7, 11) is 0.113. The zero-order valence-corrected chi connectivity index (χ0v) is 13.1. The number of nitrogens with two attached hydrogens (primary N) is 1. The fourth-order valence-electron chi connectivity index (χ4n) is 2.04. The highest BCUT2D eigenvalue weighted by molar-refractivity contribution is 7.89. The molecule has 3 N–H and O–H groups in total. The molecule has 0 atom stereocenters. The highest BCUT2D eigenvalue weighted by Gasteiger charge is 2.24. The van der Waals surface area contributed by atoms with Crippen LogP contribution in [0.2, 0.25) is 0 Å². The van der Waals surface area contributed by atoms with Gasteiger partial charge in [-0.3, -0.25) is 0 Å². The van der Waals surface area contributed by atoms with E-state index >= 15 is 0 Å². The summed E-state index contributed by atoms with van der Waals surface area (Å²) in [5.74, 6) is -0.561. The number of nitrogens with zero attached hydrogens (tertiary/aromatic N) is 1. The quantitative estimate of drug-likeness (QED) is 0.776. The molecule has 0 aliphatic heterocycles. The number of nitrogen functional groups attached to an aromatic ring is 1. The Kier molecular flexibility index (Phi) is 5.12. The Labute approximate surface area is 120 Å². The molecule has 0 aromatic heterocycles. The second-order valence-corrected chi connectivity index (χ2v) is 7.64. The van der Waals surface area contributed by atoms with E-state index < -0.39 is 15.8 Å². The van der Waals surface area contributed by atoms with Crippen LogP contribution < -0.4 is 10.5 Å². The zero-order valence-electron chi connectivity index (χ0n) is 12.3. The van der Waals surface area contributed by atoms with E-state index in [0.29, 0.717) is 0 Å². The smallest absolute Gasteiger partial charge is 0.242 e. The van der Waals surface area contributed by atoms with E-state index in [4.69, 9.17) is 5.73 Å². The number of benzene rings is 1. The van der Waals surface area contributed by atoms with Crippen LogP contribution in [0.1, 0.15) is 13.8 Å². The minimum Gasteiger partial charge on any atom is -0.398 e. The van der Waals surface area contributed by atoms with Gasteiger partial charge in [0.2, 0.25) is 10.0 Å². The van der Waals surface area contributed by atoms with Crippen molar-refractivity contribution < 1.29 is 12.8 Å². The molecule has 0 unspecified atom stereocenters. The molecule has 0 aliphatic carbocycles. The van der Waals surface area contributed by atoms with Crippen molar-refractivity contribution >= 4 is 15.7 Å². The average molecular weight is 303 g/mol. The summed E-state index contributed by atoms with van der Waals surface area (Å²) in [4.78, 5) is 1.89. The van der Waals surface area contributed by atoms with Crippen LogP contribution in [0.4, 0.5) is 10.1 Å². The van der Waals surface area contributed by atoms with Gasteiger partial charge >= 0.3 is 0 Å². The first-order valence-corrected chi connectivity index (χ1v) is 7.71. The van der Waals surface area contributed by atoms with Gasteiger partial charge in [0.15, 0.2) is 0 Å². The summed E-state index contributed by atoms with van der Waals surface area (Å²) >= 11 is 0. The van der Waals surface area contributed by atoms with Crippen molar-refractivity contribution in [2.45, 2.75) is 18.7 Å². The van der Waals surface area contributed by atoms with Gasteiger partial charge in [-0.2, -0.15) is 0 Å². The Bertz CT molecular complexity index is 571. The third-order valence-corrected chi connectivity index (χ3v) is 4.22. The minimum atomic E-state index is -3.74. The van der Waals surface area contributed by atoms with Crippen molar-refractivity contribution in [1.29, 1.82) is 0 Å². The molecular weight excluding hydrogens is 281 g/mol. The highest BCUT2D eigenvalue weighted by atomic mass is 32.2. The van der Waals surface area contributed by atoms with Gasteiger partial charge in [0.05, 0.1) is 5.69 Å². The molecule has 0 saturated heterocycles. The molecule has 114 valence electrons. The molecule has 0 radical (unpaired) electrons. The molecule has 0 amide bonds. The number of rotatable bonds is 6. The predicted octanol–water partition coefficient (Wildman–Crippen LogP) is 1.27. The Morgan fingerprint density at radius 1 is 1.35 bits per heavy atom. The minimum absolute atomic E-state index is 0.0945. The van der Waals surface area contributed by atoms with Gasteiger partial charge < -0.3 is 10.6 Å². The number of halogens is 1. The summed E-state index contributed by atoms with van der Waals surface area (Å²) in [5, 5.41) is 0. The SMILES string of the molecule is CN(C)CC(C)(C)CNS(=O)(=O)c1ccc(F)cc1N.